The molecule has 28 heavy (non-hydrogen) atoms. The van der Waals surface area contributed by atoms with Crippen LogP contribution in [0.25, 0.3) is 0 Å². The lowest BCUT2D eigenvalue weighted by Crippen LogP contribution is -2.38. The zero-order valence-corrected chi connectivity index (χ0v) is 15.9. The smallest absolute Gasteiger partial charge is 0.254 e. The van der Waals surface area contributed by atoms with Gasteiger partial charge in [0.1, 0.15) is 0 Å². The van der Waals surface area contributed by atoms with Crippen molar-refractivity contribution in [1.29, 1.82) is 0 Å². The van der Waals surface area contributed by atoms with Crippen LogP contribution in [0.15, 0.2) is 42.5 Å². The van der Waals surface area contributed by atoms with Crippen molar-refractivity contribution in [1.82, 2.24) is 4.90 Å². The van der Waals surface area contributed by atoms with E-state index in [1.165, 1.54) is 6.07 Å². The third-order valence-electron chi connectivity index (χ3n) is 5.26. The fourth-order valence-corrected chi connectivity index (χ4v) is 3.54. The SMILES string of the molecule is Cc1ccccc1C(=O)N1CCC(CCC(=O)Nc2ccc(F)c(F)c2)CC1. The monoisotopic (exact) mass is 386 g/mol. The third-order valence-corrected chi connectivity index (χ3v) is 5.26. The predicted molar refractivity (Wildman–Crippen MR) is 104 cm³/mol. The number of nitrogens with one attached hydrogen (secondary N) is 1. The van der Waals surface area contributed by atoms with Gasteiger partial charge in [0.25, 0.3) is 5.91 Å². The van der Waals surface area contributed by atoms with Crippen molar-refractivity contribution in [2.45, 2.75) is 32.6 Å². The minimum Gasteiger partial charge on any atom is -0.339 e. The Bertz CT molecular complexity index is 861. The standard InChI is InChI=1S/C22H24F2N2O2/c1-15-4-2-3-5-18(15)22(28)26-12-10-16(11-13-26)6-9-21(27)25-17-7-8-19(23)20(24)14-17/h2-5,7-8,14,16H,6,9-13H2,1H3,(H,25,27). The number of halogens is 2. The summed E-state index contributed by atoms with van der Waals surface area (Å²) in [5, 5.41) is 2.59. The summed E-state index contributed by atoms with van der Waals surface area (Å²) in [5.41, 5.74) is 1.97. The maximum Gasteiger partial charge on any atom is 0.254 e. The molecule has 0 saturated carbocycles. The highest BCUT2D eigenvalue weighted by Crippen LogP contribution is 2.24. The summed E-state index contributed by atoms with van der Waals surface area (Å²) in [7, 11) is 0. The first-order valence-electron chi connectivity index (χ1n) is 9.54. The van der Waals surface area contributed by atoms with Crippen LogP contribution in [0.2, 0.25) is 0 Å². The molecule has 0 unspecified atom stereocenters. The molecule has 0 atom stereocenters. The molecule has 4 nitrogen and oxygen atoms in total. The number of rotatable bonds is 5. The summed E-state index contributed by atoms with van der Waals surface area (Å²) in [5.74, 6) is -1.71. The topological polar surface area (TPSA) is 49.4 Å². The van der Waals surface area contributed by atoms with Crippen LogP contribution in [0, 0.1) is 24.5 Å². The number of carbonyl (C=O) groups is 2. The largest absolute Gasteiger partial charge is 0.339 e. The third kappa shape index (κ3) is 4.94. The van der Waals surface area contributed by atoms with Crippen molar-refractivity contribution in [3.8, 4) is 0 Å². The molecular formula is C22H24F2N2O2. The van der Waals surface area contributed by atoms with Gasteiger partial charge in [-0.1, -0.05) is 18.2 Å². The molecule has 0 bridgehead atoms. The number of hydrogen-bond donors (Lipinski definition) is 1. The number of aryl methyl sites for hydroxylation is 1. The van der Waals surface area contributed by atoms with E-state index in [4.69, 9.17) is 0 Å². The first-order valence-corrected chi connectivity index (χ1v) is 9.54. The number of carbonyl (C=O) groups excluding carboxylic acids is 2. The highest BCUT2D eigenvalue weighted by Gasteiger charge is 2.24. The van der Waals surface area contributed by atoms with Crippen LogP contribution in [0.1, 0.15) is 41.6 Å². The first kappa shape index (κ1) is 20.0. The lowest BCUT2D eigenvalue weighted by Gasteiger charge is -2.32. The molecule has 0 radical (unpaired) electrons. The van der Waals surface area contributed by atoms with E-state index in [0.29, 0.717) is 31.8 Å². The van der Waals surface area contributed by atoms with Crippen LogP contribution >= 0.6 is 0 Å². The molecule has 2 aromatic rings. The Kier molecular flexibility index (Phi) is 6.39. The second kappa shape index (κ2) is 8.95. The number of nitrogens with zero attached hydrogens (tertiary/aromatic N) is 1. The molecule has 2 amide bonds. The van der Waals surface area contributed by atoms with Crippen molar-refractivity contribution in [3.63, 3.8) is 0 Å². The number of benzene rings is 2. The van der Waals surface area contributed by atoms with E-state index in [1.807, 2.05) is 36.1 Å². The molecule has 0 spiro atoms. The van der Waals surface area contributed by atoms with E-state index in [1.54, 1.807) is 0 Å². The molecule has 0 aliphatic carbocycles. The van der Waals surface area contributed by atoms with Gasteiger partial charge in [0.15, 0.2) is 11.6 Å². The highest BCUT2D eigenvalue weighted by atomic mass is 19.2. The number of hydrogen-bond acceptors (Lipinski definition) is 2. The fraction of sp³-hybridized carbons (Fsp3) is 0.364. The Hall–Kier alpha value is -2.76. The maximum absolute atomic E-state index is 13.2. The van der Waals surface area contributed by atoms with Gasteiger partial charge in [0, 0.05) is 36.8 Å². The quantitative estimate of drug-likeness (QED) is 0.820. The molecule has 1 N–H and O–H groups in total. The second-order valence-electron chi connectivity index (χ2n) is 7.27. The summed E-state index contributed by atoms with van der Waals surface area (Å²) >= 11 is 0. The van der Waals surface area contributed by atoms with Gasteiger partial charge >= 0.3 is 0 Å². The van der Waals surface area contributed by atoms with Crippen molar-refractivity contribution in [3.05, 3.63) is 65.2 Å². The molecule has 6 heteroatoms. The van der Waals surface area contributed by atoms with Crippen molar-refractivity contribution in [2.75, 3.05) is 18.4 Å². The Morgan fingerprint density at radius 3 is 2.46 bits per heavy atom. The summed E-state index contributed by atoms with van der Waals surface area (Å²) < 4.78 is 26.1. The van der Waals surface area contributed by atoms with Crippen molar-refractivity contribution < 1.29 is 18.4 Å². The molecule has 3 rings (SSSR count). The van der Waals surface area contributed by atoms with Crippen molar-refractivity contribution >= 4 is 17.5 Å². The van der Waals surface area contributed by atoms with Gasteiger partial charge in [-0.05, 0) is 55.9 Å². The molecule has 1 aliphatic heterocycles. The second-order valence-corrected chi connectivity index (χ2v) is 7.27. The zero-order chi connectivity index (χ0) is 20.1. The minimum atomic E-state index is -0.983. The highest BCUT2D eigenvalue weighted by molar-refractivity contribution is 5.95. The van der Waals surface area contributed by atoms with Crippen LogP contribution in [0.4, 0.5) is 14.5 Å². The molecule has 0 aromatic heterocycles. The van der Waals surface area contributed by atoms with Crippen LogP contribution < -0.4 is 5.32 Å². The van der Waals surface area contributed by atoms with E-state index in [9.17, 15) is 18.4 Å². The Labute approximate surface area is 163 Å². The van der Waals surface area contributed by atoms with E-state index in [-0.39, 0.29) is 17.5 Å². The van der Waals surface area contributed by atoms with E-state index in [2.05, 4.69) is 5.32 Å². The van der Waals surface area contributed by atoms with Crippen LogP contribution in [0.5, 0.6) is 0 Å². The summed E-state index contributed by atoms with van der Waals surface area (Å²) in [4.78, 5) is 26.6. The Morgan fingerprint density at radius 1 is 1.07 bits per heavy atom. The zero-order valence-electron chi connectivity index (χ0n) is 15.9. The normalized spacial score (nSPS) is 14.8. The molecule has 2 aromatic carbocycles. The molecule has 1 fully saturated rings. The fourth-order valence-electron chi connectivity index (χ4n) is 3.54. The van der Waals surface area contributed by atoms with E-state index in [0.717, 1.165) is 36.1 Å². The van der Waals surface area contributed by atoms with Gasteiger partial charge in [-0.15, -0.1) is 0 Å². The summed E-state index contributed by atoms with van der Waals surface area (Å²) in [6.07, 6.45) is 2.74. The number of amides is 2. The van der Waals surface area contributed by atoms with Crippen LogP contribution in [-0.4, -0.2) is 29.8 Å². The minimum absolute atomic E-state index is 0.0626. The number of piperidine rings is 1. The number of likely N-dealkylation sites (tertiary alicyclic amines) is 1. The van der Waals surface area contributed by atoms with Crippen LogP contribution in [-0.2, 0) is 4.79 Å². The van der Waals surface area contributed by atoms with E-state index >= 15 is 0 Å². The molecular weight excluding hydrogens is 362 g/mol. The van der Waals surface area contributed by atoms with Gasteiger partial charge in [0.05, 0.1) is 0 Å². The average molecular weight is 386 g/mol. The number of anilines is 1. The van der Waals surface area contributed by atoms with Gasteiger partial charge in [0.2, 0.25) is 5.91 Å². The Morgan fingerprint density at radius 2 is 1.79 bits per heavy atom. The van der Waals surface area contributed by atoms with Gasteiger partial charge in [-0.2, -0.15) is 0 Å². The summed E-state index contributed by atoms with van der Waals surface area (Å²) in [6.45, 7) is 3.30. The molecule has 1 heterocycles. The Balaban J connectivity index is 1.44. The van der Waals surface area contributed by atoms with Crippen LogP contribution in [0.3, 0.4) is 0 Å². The molecule has 1 aliphatic rings. The lowest BCUT2D eigenvalue weighted by atomic mass is 9.91. The maximum atomic E-state index is 13.2. The lowest BCUT2D eigenvalue weighted by molar-refractivity contribution is -0.116. The first-order chi connectivity index (χ1) is 13.4. The summed E-state index contributed by atoms with van der Waals surface area (Å²) in [6, 6.07) is 10.9. The molecule has 148 valence electrons. The average Bonchev–Trinajstić information content (AvgIpc) is 2.69. The van der Waals surface area contributed by atoms with Gasteiger partial charge < -0.3 is 10.2 Å². The van der Waals surface area contributed by atoms with Gasteiger partial charge in [-0.3, -0.25) is 9.59 Å². The molecule has 1 saturated heterocycles. The van der Waals surface area contributed by atoms with Crippen molar-refractivity contribution in [2.24, 2.45) is 5.92 Å². The van der Waals surface area contributed by atoms with Gasteiger partial charge in [-0.25, -0.2) is 8.78 Å². The van der Waals surface area contributed by atoms with E-state index < -0.39 is 11.6 Å². The predicted octanol–water partition coefficient (Wildman–Crippen LogP) is 4.54.